The minimum Gasteiger partial charge on any atom is -0.347 e. The Balaban J connectivity index is 1.80. The van der Waals surface area contributed by atoms with Gasteiger partial charge in [0.25, 0.3) is 0 Å². The Morgan fingerprint density at radius 2 is 1.74 bits per heavy atom. The molecule has 2 N–H and O–H groups in total. The first-order chi connectivity index (χ1) is 11.1. The number of nitriles is 1. The summed E-state index contributed by atoms with van der Waals surface area (Å²) in [6.45, 7) is 1.85. The van der Waals surface area contributed by atoms with Crippen LogP contribution < -0.4 is 10.6 Å². The van der Waals surface area contributed by atoms with Crippen LogP contribution in [0.4, 0.5) is 5.69 Å². The van der Waals surface area contributed by atoms with Crippen LogP contribution in [0, 0.1) is 18.3 Å². The molecule has 0 aliphatic rings. The van der Waals surface area contributed by atoms with E-state index >= 15 is 0 Å². The van der Waals surface area contributed by atoms with E-state index in [-0.39, 0.29) is 24.8 Å². The third-order valence-electron chi connectivity index (χ3n) is 3.36. The standard InChI is InChI=1S/C18H17N3O2/c1-13-4-2-3-5-15(13)10-17(22)20-12-18(23)21-16-8-6-14(11-19)7-9-16/h2-9H,10,12H2,1H3,(H,20,22)(H,21,23). The lowest BCUT2D eigenvalue weighted by molar-refractivity contribution is -0.123. The zero-order valence-corrected chi connectivity index (χ0v) is 12.8. The van der Waals surface area contributed by atoms with E-state index in [0.29, 0.717) is 11.3 Å². The van der Waals surface area contributed by atoms with Crippen molar-refractivity contribution in [3.8, 4) is 6.07 Å². The molecule has 0 saturated heterocycles. The molecular formula is C18H17N3O2. The van der Waals surface area contributed by atoms with Gasteiger partial charge in [0.1, 0.15) is 0 Å². The summed E-state index contributed by atoms with van der Waals surface area (Å²) < 4.78 is 0. The Kier molecular flexibility index (Phi) is 5.48. The molecule has 2 aromatic carbocycles. The van der Waals surface area contributed by atoms with E-state index in [2.05, 4.69) is 10.6 Å². The van der Waals surface area contributed by atoms with Gasteiger partial charge >= 0.3 is 0 Å². The number of nitrogens with zero attached hydrogens (tertiary/aromatic N) is 1. The summed E-state index contributed by atoms with van der Waals surface area (Å²) in [7, 11) is 0. The fourth-order valence-corrected chi connectivity index (χ4v) is 2.06. The quantitative estimate of drug-likeness (QED) is 0.888. The number of benzene rings is 2. The van der Waals surface area contributed by atoms with E-state index in [1.807, 2.05) is 37.3 Å². The molecule has 116 valence electrons. The first-order valence-corrected chi connectivity index (χ1v) is 7.19. The smallest absolute Gasteiger partial charge is 0.243 e. The van der Waals surface area contributed by atoms with Crippen LogP contribution in [0.25, 0.3) is 0 Å². The lowest BCUT2D eigenvalue weighted by Crippen LogP contribution is -2.33. The van der Waals surface area contributed by atoms with Crippen molar-refractivity contribution in [2.45, 2.75) is 13.3 Å². The maximum Gasteiger partial charge on any atom is 0.243 e. The summed E-state index contributed by atoms with van der Waals surface area (Å²) in [6, 6.07) is 16.2. The molecule has 0 aliphatic heterocycles. The zero-order valence-electron chi connectivity index (χ0n) is 12.8. The summed E-state index contributed by atoms with van der Waals surface area (Å²) in [5.41, 5.74) is 3.10. The van der Waals surface area contributed by atoms with Crippen molar-refractivity contribution in [3.63, 3.8) is 0 Å². The Morgan fingerprint density at radius 3 is 2.39 bits per heavy atom. The Morgan fingerprint density at radius 1 is 1.04 bits per heavy atom. The van der Waals surface area contributed by atoms with Crippen molar-refractivity contribution >= 4 is 17.5 Å². The summed E-state index contributed by atoms with van der Waals surface area (Å²) in [6.07, 6.45) is 0.247. The zero-order chi connectivity index (χ0) is 16.7. The summed E-state index contributed by atoms with van der Waals surface area (Å²) in [5, 5.41) is 14.0. The topological polar surface area (TPSA) is 82.0 Å². The monoisotopic (exact) mass is 307 g/mol. The number of carbonyl (C=O) groups excluding carboxylic acids is 2. The van der Waals surface area contributed by atoms with Crippen molar-refractivity contribution in [1.82, 2.24) is 5.32 Å². The van der Waals surface area contributed by atoms with Crippen LogP contribution in [0.1, 0.15) is 16.7 Å². The number of amides is 2. The number of hydrogen-bond acceptors (Lipinski definition) is 3. The highest BCUT2D eigenvalue weighted by Gasteiger charge is 2.08. The highest BCUT2D eigenvalue weighted by Crippen LogP contribution is 2.09. The highest BCUT2D eigenvalue weighted by molar-refractivity contribution is 5.94. The van der Waals surface area contributed by atoms with Gasteiger partial charge in [0.2, 0.25) is 11.8 Å². The largest absolute Gasteiger partial charge is 0.347 e. The maximum atomic E-state index is 11.9. The number of carbonyl (C=O) groups is 2. The Labute approximate surface area is 134 Å². The molecule has 2 aromatic rings. The average molecular weight is 307 g/mol. The first-order valence-electron chi connectivity index (χ1n) is 7.19. The molecule has 0 bridgehead atoms. The number of aryl methyl sites for hydroxylation is 1. The van der Waals surface area contributed by atoms with Crippen LogP contribution in [-0.4, -0.2) is 18.4 Å². The van der Waals surface area contributed by atoms with Crippen LogP contribution in [-0.2, 0) is 16.0 Å². The van der Waals surface area contributed by atoms with Gasteiger partial charge in [-0.2, -0.15) is 5.26 Å². The van der Waals surface area contributed by atoms with Gasteiger partial charge in [-0.1, -0.05) is 24.3 Å². The van der Waals surface area contributed by atoms with Crippen molar-refractivity contribution in [2.24, 2.45) is 0 Å². The van der Waals surface area contributed by atoms with Gasteiger partial charge in [-0.3, -0.25) is 9.59 Å². The Bertz CT molecular complexity index is 746. The summed E-state index contributed by atoms with van der Waals surface area (Å²) in [5.74, 6) is -0.512. The van der Waals surface area contributed by atoms with Crippen LogP contribution in [0.5, 0.6) is 0 Å². The Hall–Kier alpha value is -3.13. The molecule has 23 heavy (non-hydrogen) atoms. The lowest BCUT2D eigenvalue weighted by Gasteiger charge is -2.08. The lowest BCUT2D eigenvalue weighted by atomic mass is 10.1. The fraction of sp³-hybridized carbons (Fsp3) is 0.167. The molecule has 0 radical (unpaired) electrons. The molecule has 5 nitrogen and oxygen atoms in total. The molecule has 5 heteroatoms. The van der Waals surface area contributed by atoms with Gasteiger partial charge in [-0.25, -0.2) is 0 Å². The number of rotatable bonds is 5. The van der Waals surface area contributed by atoms with Gasteiger partial charge in [0, 0.05) is 5.69 Å². The molecule has 0 saturated carbocycles. The number of anilines is 1. The van der Waals surface area contributed by atoms with Crippen LogP contribution in [0.2, 0.25) is 0 Å². The first kappa shape index (κ1) is 16.2. The van der Waals surface area contributed by atoms with Crippen LogP contribution in [0.15, 0.2) is 48.5 Å². The third kappa shape index (κ3) is 4.97. The summed E-state index contributed by atoms with van der Waals surface area (Å²) >= 11 is 0. The fourth-order valence-electron chi connectivity index (χ4n) is 2.06. The second-order valence-electron chi connectivity index (χ2n) is 5.12. The highest BCUT2D eigenvalue weighted by atomic mass is 16.2. The van der Waals surface area contributed by atoms with Gasteiger partial charge in [0.05, 0.1) is 24.6 Å². The third-order valence-corrected chi connectivity index (χ3v) is 3.36. The molecule has 2 amide bonds. The van der Waals surface area contributed by atoms with Crippen molar-refractivity contribution in [3.05, 3.63) is 65.2 Å². The van der Waals surface area contributed by atoms with E-state index in [4.69, 9.17) is 5.26 Å². The molecule has 0 aromatic heterocycles. The molecule has 0 heterocycles. The van der Waals surface area contributed by atoms with Crippen LogP contribution >= 0.6 is 0 Å². The number of hydrogen-bond donors (Lipinski definition) is 2. The van der Waals surface area contributed by atoms with E-state index < -0.39 is 0 Å². The van der Waals surface area contributed by atoms with E-state index in [0.717, 1.165) is 11.1 Å². The molecule has 0 atom stereocenters. The van der Waals surface area contributed by atoms with Gasteiger partial charge in [-0.15, -0.1) is 0 Å². The van der Waals surface area contributed by atoms with Crippen LogP contribution in [0.3, 0.4) is 0 Å². The van der Waals surface area contributed by atoms with Crippen molar-refractivity contribution < 1.29 is 9.59 Å². The second-order valence-corrected chi connectivity index (χ2v) is 5.12. The van der Waals surface area contributed by atoms with Gasteiger partial charge < -0.3 is 10.6 Å². The minimum atomic E-state index is -0.312. The van der Waals surface area contributed by atoms with Gasteiger partial charge in [0.15, 0.2) is 0 Å². The van der Waals surface area contributed by atoms with Gasteiger partial charge in [-0.05, 0) is 42.3 Å². The number of nitrogens with one attached hydrogen (secondary N) is 2. The normalized spacial score (nSPS) is 9.74. The van der Waals surface area contributed by atoms with E-state index in [1.54, 1.807) is 24.3 Å². The van der Waals surface area contributed by atoms with Crippen molar-refractivity contribution in [1.29, 1.82) is 5.26 Å². The molecule has 0 fully saturated rings. The maximum absolute atomic E-state index is 11.9. The summed E-state index contributed by atoms with van der Waals surface area (Å²) in [4.78, 5) is 23.7. The average Bonchev–Trinajstić information content (AvgIpc) is 2.56. The predicted molar refractivity (Wildman–Crippen MR) is 87.7 cm³/mol. The van der Waals surface area contributed by atoms with E-state index in [9.17, 15) is 9.59 Å². The molecule has 0 spiro atoms. The van der Waals surface area contributed by atoms with Crippen molar-refractivity contribution in [2.75, 3.05) is 11.9 Å². The molecule has 0 unspecified atom stereocenters. The minimum absolute atomic E-state index is 0.0925. The SMILES string of the molecule is Cc1ccccc1CC(=O)NCC(=O)Nc1ccc(C#N)cc1. The van der Waals surface area contributed by atoms with E-state index in [1.165, 1.54) is 0 Å². The predicted octanol–water partition coefficient (Wildman–Crippen LogP) is 2.16. The molecular weight excluding hydrogens is 290 g/mol. The second kappa shape index (κ2) is 7.76. The molecule has 2 rings (SSSR count). The molecule has 0 aliphatic carbocycles.